The molecule has 1 aromatic heterocycles. The number of hydrogen-bond donors (Lipinski definition) is 1. The summed E-state index contributed by atoms with van der Waals surface area (Å²) in [5.74, 6) is 0.634. The molecule has 0 atom stereocenters. The summed E-state index contributed by atoms with van der Waals surface area (Å²) >= 11 is 0. The van der Waals surface area contributed by atoms with E-state index in [2.05, 4.69) is 16.6 Å². The number of nitrogens with one attached hydrogen (secondary N) is 1. The van der Waals surface area contributed by atoms with Gasteiger partial charge in [-0.25, -0.2) is 13.4 Å². The topological polar surface area (TPSA) is 124 Å². The van der Waals surface area contributed by atoms with E-state index in [0.717, 1.165) is 29.5 Å². The minimum absolute atomic E-state index is 0.153. The lowest BCUT2D eigenvalue weighted by molar-refractivity contribution is -0.384. The third-order valence-corrected chi connectivity index (χ3v) is 8.67. The van der Waals surface area contributed by atoms with Crippen LogP contribution in [0, 0.1) is 10.1 Å². The van der Waals surface area contributed by atoms with Gasteiger partial charge in [-0.3, -0.25) is 24.2 Å². The quantitative estimate of drug-likeness (QED) is 0.205. The lowest BCUT2D eigenvalue weighted by Gasteiger charge is -2.22. The normalized spacial score (nSPS) is 12.0. The predicted octanol–water partition coefficient (Wildman–Crippen LogP) is 5.90. The Kier molecular flexibility index (Phi) is 7.87. The molecular weight excluding hydrogens is 516 g/mol. The van der Waals surface area contributed by atoms with Crippen molar-refractivity contribution in [3.63, 3.8) is 0 Å². The van der Waals surface area contributed by atoms with Gasteiger partial charge < -0.3 is 0 Å². The number of para-hydroxylation sites is 1. The zero-order valence-electron chi connectivity index (χ0n) is 22.5. The Hall–Kier alpha value is -4.05. The van der Waals surface area contributed by atoms with Crippen molar-refractivity contribution in [2.24, 2.45) is 0 Å². The van der Waals surface area contributed by atoms with Crippen molar-refractivity contribution in [1.82, 2.24) is 9.55 Å². The van der Waals surface area contributed by atoms with Crippen LogP contribution in [-0.4, -0.2) is 27.6 Å². The van der Waals surface area contributed by atoms with Crippen molar-refractivity contribution in [2.75, 3.05) is 4.72 Å². The number of anilines is 1. The molecule has 0 saturated heterocycles. The Morgan fingerprint density at radius 3 is 2.36 bits per heavy atom. The predicted molar refractivity (Wildman–Crippen MR) is 155 cm³/mol. The molecule has 39 heavy (non-hydrogen) atoms. The summed E-state index contributed by atoms with van der Waals surface area (Å²) in [4.78, 5) is 28.9. The lowest BCUT2D eigenvalue weighted by Crippen LogP contribution is -2.33. The van der Waals surface area contributed by atoms with E-state index in [0.29, 0.717) is 23.4 Å². The van der Waals surface area contributed by atoms with Gasteiger partial charge in [0, 0.05) is 24.1 Å². The van der Waals surface area contributed by atoms with Crippen molar-refractivity contribution in [2.45, 2.75) is 58.2 Å². The first-order chi connectivity index (χ1) is 18.4. The average molecular weight is 549 g/mol. The molecule has 0 unspecified atom stereocenters. The summed E-state index contributed by atoms with van der Waals surface area (Å²) in [5, 5.41) is 11.5. The summed E-state index contributed by atoms with van der Waals surface area (Å²) in [5.41, 5.74) is 2.85. The Bertz CT molecular complexity index is 1690. The molecule has 0 bridgehead atoms. The number of benzene rings is 3. The van der Waals surface area contributed by atoms with Crippen molar-refractivity contribution >= 4 is 32.3 Å². The monoisotopic (exact) mass is 548 g/mol. The number of sulfonamides is 1. The molecule has 1 N–H and O–H groups in total. The van der Waals surface area contributed by atoms with Gasteiger partial charge in [-0.05, 0) is 50.5 Å². The smallest absolute Gasteiger partial charge is 0.270 e. The van der Waals surface area contributed by atoms with E-state index in [1.807, 2.05) is 36.4 Å². The molecule has 0 spiro atoms. The largest absolute Gasteiger partial charge is 0.292 e. The van der Waals surface area contributed by atoms with Crippen LogP contribution in [0.15, 0.2) is 71.5 Å². The summed E-state index contributed by atoms with van der Waals surface area (Å²) in [6.07, 6.45) is 2.39. The van der Waals surface area contributed by atoms with Gasteiger partial charge in [0.25, 0.3) is 11.2 Å². The molecule has 9 nitrogen and oxygen atoms in total. The van der Waals surface area contributed by atoms with E-state index < -0.39 is 19.7 Å². The van der Waals surface area contributed by atoms with E-state index in [1.54, 1.807) is 37.5 Å². The number of rotatable bonds is 9. The number of fused-ring (bicyclic) bond motifs is 1. The maximum Gasteiger partial charge on any atom is 0.270 e. The Balaban J connectivity index is 1.70. The fourth-order valence-corrected chi connectivity index (χ4v) is 4.92. The maximum atomic E-state index is 13.5. The molecule has 0 radical (unpaired) electrons. The van der Waals surface area contributed by atoms with E-state index >= 15 is 0 Å². The molecule has 10 heteroatoms. The van der Waals surface area contributed by atoms with Gasteiger partial charge in [0.15, 0.2) is 0 Å². The highest BCUT2D eigenvalue weighted by Crippen LogP contribution is 2.31. The first kappa shape index (κ1) is 28.0. The third-order valence-electron chi connectivity index (χ3n) is 6.56. The molecule has 0 aliphatic carbocycles. The highest BCUT2D eigenvalue weighted by atomic mass is 32.2. The van der Waals surface area contributed by atoms with Crippen LogP contribution in [0.2, 0.25) is 0 Å². The number of nitrogens with zero attached hydrogens (tertiary/aromatic N) is 3. The minimum atomic E-state index is -3.61. The standard InChI is InChI=1S/C29H32N4O5S/c1-5-6-11-27-30-25-17-16-22(33(35)36)18-24(25)28(34)32(27)19-20-12-14-21(15-13-20)23-9-7-8-10-26(23)31-39(37,38)29(2,3)4/h7-10,12-18,31H,5-6,11,19H2,1-4H3. The highest BCUT2D eigenvalue weighted by Gasteiger charge is 2.29. The van der Waals surface area contributed by atoms with Gasteiger partial charge in [-0.15, -0.1) is 0 Å². The van der Waals surface area contributed by atoms with Gasteiger partial charge >= 0.3 is 0 Å². The third kappa shape index (κ3) is 6.01. The van der Waals surface area contributed by atoms with Crippen molar-refractivity contribution in [3.8, 4) is 11.1 Å². The van der Waals surface area contributed by atoms with Crippen LogP contribution in [0.4, 0.5) is 11.4 Å². The fourth-order valence-electron chi connectivity index (χ4n) is 4.15. The van der Waals surface area contributed by atoms with Gasteiger partial charge in [0.05, 0.1) is 32.8 Å². The number of hydrogen-bond acceptors (Lipinski definition) is 6. The molecule has 204 valence electrons. The van der Waals surface area contributed by atoms with Crippen molar-refractivity contribution < 1.29 is 13.3 Å². The molecule has 0 aliphatic rings. The second-order valence-corrected chi connectivity index (χ2v) is 12.9. The van der Waals surface area contributed by atoms with Gasteiger partial charge in [0.1, 0.15) is 5.82 Å². The summed E-state index contributed by atoms with van der Waals surface area (Å²) in [6, 6.07) is 18.9. The van der Waals surface area contributed by atoms with Crippen LogP contribution >= 0.6 is 0 Å². The van der Waals surface area contributed by atoms with Crippen LogP contribution in [0.1, 0.15) is 51.9 Å². The zero-order chi connectivity index (χ0) is 28.4. The number of non-ortho nitro benzene ring substituents is 1. The molecule has 4 aromatic rings. The molecular formula is C29H32N4O5S. The molecule has 3 aromatic carbocycles. The van der Waals surface area contributed by atoms with Crippen LogP contribution in [0.5, 0.6) is 0 Å². The number of aryl methyl sites for hydroxylation is 1. The molecule has 0 aliphatic heterocycles. The van der Waals surface area contributed by atoms with Crippen LogP contribution in [-0.2, 0) is 23.0 Å². The van der Waals surface area contributed by atoms with Crippen LogP contribution < -0.4 is 10.3 Å². The van der Waals surface area contributed by atoms with Crippen molar-refractivity contribution in [3.05, 3.63) is 98.6 Å². The van der Waals surface area contributed by atoms with Crippen LogP contribution in [0.3, 0.4) is 0 Å². The molecule has 4 rings (SSSR count). The Morgan fingerprint density at radius 2 is 1.72 bits per heavy atom. The van der Waals surface area contributed by atoms with Crippen LogP contribution in [0.25, 0.3) is 22.0 Å². The minimum Gasteiger partial charge on any atom is -0.292 e. The summed E-state index contributed by atoms with van der Waals surface area (Å²) < 4.78 is 28.9. The van der Waals surface area contributed by atoms with E-state index in [4.69, 9.17) is 0 Å². The van der Waals surface area contributed by atoms with Gasteiger partial charge in [-0.2, -0.15) is 0 Å². The SMILES string of the molecule is CCCCc1nc2ccc([N+](=O)[O-])cc2c(=O)n1Cc1ccc(-c2ccccc2NS(=O)(=O)C(C)(C)C)cc1. The van der Waals surface area contributed by atoms with Gasteiger partial charge in [-0.1, -0.05) is 55.8 Å². The Morgan fingerprint density at radius 1 is 1.03 bits per heavy atom. The van der Waals surface area contributed by atoms with E-state index in [1.165, 1.54) is 18.2 Å². The fraction of sp³-hybridized carbons (Fsp3) is 0.310. The number of nitro benzene ring substituents is 1. The molecule has 0 fully saturated rings. The average Bonchev–Trinajstić information content (AvgIpc) is 2.89. The summed E-state index contributed by atoms with van der Waals surface area (Å²) in [7, 11) is -3.61. The second kappa shape index (κ2) is 11.0. The highest BCUT2D eigenvalue weighted by molar-refractivity contribution is 7.94. The van der Waals surface area contributed by atoms with Gasteiger partial charge in [0.2, 0.25) is 10.0 Å². The summed E-state index contributed by atoms with van der Waals surface area (Å²) in [6.45, 7) is 7.24. The number of unbranched alkanes of at least 4 members (excludes halogenated alkanes) is 1. The Labute approximate surface area is 227 Å². The molecule has 0 amide bonds. The second-order valence-electron chi connectivity index (χ2n) is 10.4. The maximum absolute atomic E-state index is 13.5. The zero-order valence-corrected chi connectivity index (χ0v) is 23.3. The first-order valence-electron chi connectivity index (χ1n) is 12.8. The first-order valence-corrected chi connectivity index (χ1v) is 14.3. The molecule has 0 saturated carbocycles. The van der Waals surface area contributed by atoms with E-state index in [-0.39, 0.29) is 23.2 Å². The van der Waals surface area contributed by atoms with Crippen molar-refractivity contribution in [1.29, 1.82) is 0 Å². The molecule has 1 heterocycles. The number of aromatic nitrogens is 2. The number of nitro groups is 1. The lowest BCUT2D eigenvalue weighted by atomic mass is 10.0. The van der Waals surface area contributed by atoms with E-state index in [9.17, 15) is 23.3 Å².